The molecular weight excluding hydrogens is 281 g/mol. The normalized spacial score (nSPS) is 11.6. The van der Waals surface area contributed by atoms with Crippen LogP contribution in [0.2, 0.25) is 5.02 Å². The Morgan fingerprint density at radius 2 is 2.05 bits per heavy atom. The Morgan fingerprint density at radius 3 is 2.68 bits per heavy atom. The van der Waals surface area contributed by atoms with Gasteiger partial charge in [0.2, 0.25) is 0 Å². The van der Waals surface area contributed by atoms with E-state index in [0.29, 0.717) is 16.8 Å². The lowest BCUT2D eigenvalue weighted by Crippen LogP contribution is -2.13. The van der Waals surface area contributed by atoms with E-state index in [4.69, 9.17) is 23.2 Å². The third-order valence-corrected chi connectivity index (χ3v) is 3.94. The molecule has 0 aliphatic rings. The van der Waals surface area contributed by atoms with Gasteiger partial charge in [-0.1, -0.05) is 38.3 Å². The molecule has 0 atom stereocenters. The van der Waals surface area contributed by atoms with E-state index in [1.807, 2.05) is 6.07 Å². The van der Waals surface area contributed by atoms with Gasteiger partial charge >= 0.3 is 0 Å². The lowest BCUT2D eigenvalue weighted by Gasteiger charge is -2.15. The van der Waals surface area contributed by atoms with Crippen LogP contribution in [-0.4, -0.2) is 20.4 Å². The Bertz CT molecular complexity index is 547. The molecule has 2 heterocycles. The minimum atomic E-state index is 0.569. The van der Waals surface area contributed by atoms with Crippen LogP contribution in [0.1, 0.15) is 32.5 Å². The number of fused-ring (bicyclic) bond motifs is 1. The van der Waals surface area contributed by atoms with E-state index in [0.717, 1.165) is 42.8 Å². The molecule has 5 heteroatoms. The van der Waals surface area contributed by atoms with Gasteiger partial charge < -0.3 is 4.57 Å². The minimum absolute atomic E-state index is 0.569. The minimum Gasteiger partial charge on any atom is -0.312 e. The van der Waals surface area contributed by atoms with E-state index >= 15 is 0 Å². The molecule has 0 bridgehead atoms. The molecule has 0 aromatic carbocycles. The summed E-state index contributed by atoms with van der Waals surface area (Å²) in [6, 6.07) is 1.87. The molecule has 2 aromatic heterocycles. The van der Waals surface area contributed by atoms with Crippen molar-refractivity contribution in [3.8, 4) is 0 Å². The highest BCUT2D eigenvalue weighted by Crippen LogP contribution is 2.21. The van der Waals surface area contributed by atoms with Crippen molar-refractivity contribution in [1.82, 2.24) is 14.5 Å². The quantitative estimate of drug-likeness (QED) is 0.745. The van der Waals surface area contributed by atoms with Crippen molar-refractivity contribution in [3.63, 3.8) is 0 Å². The summed E-state index contributed by atoms with van der Waals surface area (Å²) in [5.74, 6) is 2.22. The molecule has 0 spiro atoms. The fraction of sp³-hybridized carbons (Fsp3) is 0.571. The molecule has 0 radical (unpaired) electrons. The summed E-state index contributed by atoms with van der Waals surface area (Å²) in [6.07, 6.45) is 4.75. The first kappa shape index (κ1) is 14.6. The molecule has 0 aliphatic carbocycles. The van der Waals surface area contributed by atoms with Crippen LogP contribution in [0.4, 0.5) is 0 Å². The second-order valence-electron chi connectivity index (χ2n) is 4.76. The molecule has 19 heavy (non-hydrogen) atoms. The summed E-state index contributed by atoms with van der Waals surface area (Å²) in [7, 11) is 0. The van der Waals surface area contributed by atoms with Crippen LogP contribution in [0.5, 0.6) is 0 Å². The van der Waals surface area contributed by atoms with Gasteiger partial charge in [0, 0.05) is 25.0 Å². The number of nitrogens with zero attached hydrogens (tertiary/aromatic N) is 3. The van der Waals surface area contributed by atoms with Gasteiger partial charge in [-0.05, 0) is 12.0 Å². The van der Waals surface area contributed by atoms with Crippen LogP contribution in [0, 0.1) is 5.92 Å². The number of aromatic nitrogens is 3. The number of rotatable bonds is 6. The predicted molar refractivity (Wildman–Crippen MR) is 81.0 cm³/mol. The maximum Gasteiger partial charge on any atom is 0.160 e. The molecule has 0 unspecified atom stereocenters. The molecule has 2 aromatic rings. The van der Waals surface area contributed by atoms with Gasteiger partial charge in [-0.15, -0.1) is 11.6 Å². The zero-order chi connectivity index (χ0) is 13.8. The molecule has 0 saturated carbocycles. The fourth-order valence-corrected chi connectivity index (χ4v) is 2.63. The van der Waals surface area contributed by atoms with Crippen molar-refractivity contribution < 1.29 is 0 Å². The van der Waals surface area contributed by atoms with Crippen molar-refractivity contribution in [2.75, 3.05) is 5.88 Å². The smallest absolute Gasteiger partial charge is 0.160 e. The third kappa shape index (κ3) is 3.21. The first-order valence-corrected chi connectivity index (χ1v) is 7.67. The molecule has 0 fully saturated rings. The van der Waals surface area contributed by atoms with Crippen LogP contribution in [0.15, 0.2) is 12.3 Å². The van der Waals surface area contributed by atoms with Gasteiger partial charge in [0.25, 0.3) is 0 Å². The van der Waals surface area contributed by atoms with E-state index in [-0.39, 0.29) is 0 Å². The predicted octanol–water partition coefficient (Wildman–Crippen LogP) is 4.30. The van der Waals surface area contributed by atoms with Crippen molar-refractivity contribution in [1.29, 1.82) is 0 Å². The molecular formula is C14H19Cl2N3. The number of aryl methyl sites for hydroxylation is 1. The molecule has 0 amide bonds. The summed E-state index contributed by atoms with van der Waals surface area (Å²) >= 11 is 11.9. The molecule has 3 nitrogen and oxygen atoms in total. The summed E-state index contributed by atoms with van der Waals surface area (Å²) in [5.41, 5.74) is 1.77. The van der Waals surface area contributed by atoms with Crippen LogP contribution in [0.25, 0.3) is 11.2 Å². The molecule has 0 N–H and O–H groups in total. The summed E-state index contributed by atoms with van der Waals surface area (Å²) in [6.45, 7) is 5.39. The van der Waals surface area contributed by atoms with Crippen molar-refractivity contribution >= 4 is 34.4 Å². The Hall–Kier alpha value is -0.800. The number of alkyl halides is 1. The average Bonchev–Trinajstić information content (AvgIpc) is 2.73. The maximum atomic E-state index is 5.98. The molecule has 2 rings (SSSR count). The van der Waals surface area contributed by atoms with Crippen molar-refractivity contribution in [2.45, 2.75) is 39.7 Å². The highest BCUT2D eigenvalue weighted by atomic mass is 35.5. The van der Waals surface area contributed by atoms with E-state index in [1.54, 1.807) is 6.20 Å². The summed E-state index contributed by atoms with van der Waals surface area (Å²) in [5, 5.41) is 0.622. The van der Waals surface area contributed by atoms with E-state index in [9.17, 15) is 0 Å². The zero-order valence-electron chi connectivity index (χ0n) is 11.4. The maximum absolute atomic E-state index is 5.98. The number of imidazole rings is 1. The van der Waals surface area contributed by atoms with E-state index in [1.165, 1.54) is 0 Å². The van der Waals surface area contributed by atoms with E-state index < -0.39 is 0 Å². The lowest BCUT2D eigenvalue weighted by atomic mass is 10.0. The van der Waals surface area contributed by atoms with Gasteiger partial charge in [0.1, 0.15) is 11.3 Å². The van der Waals surface area contributed by atoms with Crippen molar-refractivity contribution in [2.24, 2.45) is 5.92 Å². The van der Waals surface area contributed by atoms with Crippen LogP contribution >= 0.6 is 23.2 Å². The zero-order valence-corrected chi connectivity index (χ0v) is 12.9. The lowest BCUT2D eigenvalue weighted by molar-refractivity contribution is 0.416. The number of halogens is 2. The largest absolute Gasteiger partial charge is 0.312 e. The number of pyridine rings is 1. The van der Waals surface area contributed by atoms with Gasteiger partial charge in [-0.3, -0.25) is 0 Å². The molecule has 104 valence electrons. The molecule has 0 aliphatic heterocycles. The highest BCUT2D eigenvalue weighted by molar-refractivity contribution is 6.31. The number of hydrogen-bond donors (Lipinski definition) is 0. The van der Waals surface area contributed by atoms with Gasteiger partial charge in [-0.2, -0.15) is 0 Å². The van der Waals surface area contributed by atoms with Crippen LogP contribution in [0.3, 0.4) is 0 Å². The fourth-order valence-electron chi connectivity index (χ4n) is 2.31. The van der Waals surface area contributed by atoms with Gasteiger partial charge in [-0.25, -0.2) is 9.97 Å². The Kier molecular flexibility index (Phi) is 5.06. The first-order chi connectivity index (χ1) is 9.19. The summed E-state index contributed by atoms with van der Waals surface area (Å²) in [4.78, 5) is 9.05. The van der Waals surface area contributed by atoms with Gasteiger partial charge in [0.15, 0.2) is 5.65 Å². The standard InChI is InChI=1S/C14H19Cl2N3/c1-3-10(4-2)9-19-13(5-6-15)18-12-7-11(16)8-17-14(12)19/h7-8,10H,3-6,9H2,1-2H3. The second-order valence-corrected chi connectivity index (χ2v) is 5.57. The van der Waals surface area contributed by atoms with Gasteiger partial charge in [0.05, 0.1) is 5.02 Å². The van der Waals surface area contributed by atoms with Crippen LogP contribution in [-0.2, 0) is 13.0 Å². The molecule has 0 saturated heterocycles. The SMILES string of the molecule is CCC(CC)Cn1c(CCCl)nc2cc(Cl)cnc21. The topological polar surface area (TPSA) is 30.7 Å². The first-order valence-electron chi connectivity index (χ1n) is 6.76. The van der Waals surface area contributed by atoms with Crippen LogP contribution < -0.4 is 0 Å². The Morgan fingerprint density at radius 1 is 1.32 bits per heavy atom. The Balaban J connectivity index is 2.45. The summed E-state index contributed by atoms with van der Waals surface area (Å²) < 4.78 is 2.20. The van der Waals surface area contributed by atoms with Crippen molar-refractivity contribution in [3.05, 3.63) is 23.1 Å². The highest BCUT2D eigenvalue weighted by Gasteiger charge is 2.15. The van der Waals surface area contributed by atoms with E-state index in [2.05, 4.69) is 28.4 Å². The number of hydrogen-bond acceptors (Lipinski definition) is 2. The Labute approximate surface area is 123 Å². The second kappa shape index (κ2) is 6.58. The monoisotopic (exact) mass is 299 g/mol. The third-order valence-electron chi connectivity index (χ3n) is 3.54. The average molecular weight is 300 g/mol.